The van der Waals surface area contributed by atoms with E-state index in [2.05, 4.69) is 4.98 Å². The van der Waals surface area contributed by atoms with Crippen LogP contribution in [0.1, 0.15) is 34.3 Å². The van der Waals surface area contributed by atoms with Crippen LogP contribution in [-0.2, 0) is 16.1 Å². The van der Waals surface area contributed by atoms with Crippen LogP contribution in [0.25, 0.3) is 11.1 Å². The molecule has 1 fully saturated rings. The van der Waals surface area contributed by atoms with Crippen LogP contribution < -0.4 is 9.47 Å². The summed E-state index contributed by atoms with van der Waals surface area (Å²) in [6.07, 6.45) is 3.81. The van der Waals surface area contributed by atoms with Crippen molar-refractivity contribution in [2.45, 2.75) is 26.4 Å². The first-order valence-corrected chi connectivity index (χ1v) is 11.3. The fourth-order valence-electron chi connectivity index (χ4n) is 3.86. The molecule has 178 valence electrons. The molecule has 2 heterocycles. The van der Waals surface area contributed by atoms with E-state index in [1.54, 1.807) is 25.3 Å². The number of hydrogen-bond donors (Lipinski definition) is 0. The zero-order chi connectivity index (χ0) is 23.9. The average molecular weight is 466 g/mol. The number of carbonyl (C=O) groups excluding carboxylic acids is 1. The molecule has 3 aromatic rings. The molecule has 4 rings (SSSR count). The molecule has 0 saturated carbocycles. The van der Waals surface area contributed by atoms with E-state index in [9.17, 15) is 9.18 Å². The first-order valence-electron chi connectivity index (χ1n) is 11.3. The van der Waals surface area contributed by atoms with Gasteiger partial charge in [-0.05, 0) is 61.1 Å². The van der Waals surface area contributed by atoms with E-state index in [0.717, 1.165) is 37.2 Å². The molecule has 0 spiro atoms. The van der Waals surface area contributed by atoms with E-state index in [4.69, 9.17) is 18.9 Å². The molecule has 0 bridgehead atoms. The number of nitrogens with zero attached hydrogens (tertiary/aromatic N) is 1. The van der Waals surface area contributed by atoms with Crippen molar-refractivity contribution in [3.8, 4) is 22.8 Å². The quantitative estimate of drug-likeness (QED) is 0.417. The van der Waals surface area contributed by atoms with Crippen molar-refractivity contribution in [1.82, 2.24) is 4.98 Å². The number of ether oxygens (including phenoxy) is 4. The third kappa shape index (κ3) is 5.72. The van der Waals surface area contributed by atoms with Crippen LogP contribution in [0.2, 0.25) is 0 Å². The maximum Gasteiger partial charge on any atom is 0.338 e. The molecule has 1 aliphatic heterocycles. The Labute approximate surface area is 198 Å². The minimum Gasteiger partial charge on any atom is -0.489 e. The highest BCUT2D eigenvalue weighted by molar-refractivity contribution is 5.91. The lowest BCUT2D eigenvalue weighted by Gasteiger charge is -2.21. The highest BCUT2D eigenvalue weighted by atomic mass is 19.1. The summed E-state index contributed by atoms with van der Waals surface area (Å²) >= 11 is 0. The van der Waals surface area contributed by atoms with Gasteiger partial charge in [0.25, 0.3) is 0 Å². The number of pyridine rings is 1. The van der Waals surface area contributed by atoms with Crippen LogP contribution in [0, 0.1) is 18.7 Å². The van der Waals surface area contributed by atoms with Gasteiger partial charge >= 0.3 is 5.97 Å². The van der Waals surface area contributed by atoms with Crippen molar-refractivity contribution < 1.29 is 28.1 Å². The van der Waals surface area contributed by atoms with Crippen LogP contribution in [0.15, 0.2) is 54.7 Å². The number of carbonyl (C=O) groups is 1. The largest absolute Gasteiger partial charge is 0.489 e. The van der Waals surface area contributed by atoms with Gasteiger partial charge in [0, 0.05) is 36.6 Å². The lowest BCUT2D eigenvalue weighted by Crippen LogP contribution is -2.21. The molecule has 0 unspecified atom stereocenters. The van der Waals surface area contributed by atoms with Gasteiger partial charge in [0.1, 0.15) is 18.2 Å². The van der Waals surface area contributed by atoms with Crippen LogP contribution in [0.3, 0.4) is 0 Å². The minimum atomic E-state index is -0.565. The molecule has 1 aliphatic rings. The molecule has 0 aliphatic carbocycles. The maximum atomic E-state index is 14.7. The van der Waals surface area contributed by atoms with Crippen molar-refractivity contribution in [2.24, 2.45) is 5.92 Å². The van der Waals surface area contributed by atoms with E-state index in [0.29, 0.717) is 29.7 Å². The molecule has 0 amide bonds. The molecule has 0 N–H and O–H groups in total. The van der Waals surface area contributed by atoms with E-state index >= 15 is 0 Å². The zero-order valence-electron chi connectivity index (χ0n) is 19.4. The number of halogens is 1. The van der Waals surface area contributed by atoms with Crippen molar-refractivity contribution in [3.05, 3.63) is 77.2 Å². The van der Waals surface area contributed by atoms with Crippen molar-refractivity contribution in [1.29, 1.82) is 0 Å². The monoisotopic (exact) mass is 465 g/mol. The SMILES string of the molecule is COC(=O)c1ccc(COc2cccc(-c3ccc(OCC4CCOCC4)nc3)c2)c(F)c1C. The highest BCUT2D eigenvalue weighted by Gasteiger charge is 2.16. The molecule has 6 nitrogen and oxygen atoms in total. The summed E-state index contributed by atoms with van der Waals surface area (Å²) in [6, 6.07) is 14.5. The Bertz CT molecular complexity index is 1130. The van der Waals surface area contributed by atoms with Crippen LogP contribution in [-0.4, -0.2) is 37.9 Å². The molecule has 1 aromatic heterocycles. The van der Waals surface area contributed by atoms with Gasteiger partial charge in [-0.15, -0.1) is 0 Å². The van der Waals surface area contributed by atoms with Gasteiger partial charge in [-0.1, -0.05) is 18.2 Å². The first-order chi connectivity index (χ1) is 16.5. The van der Waals surface area contributed by atoms with Crippen molar-refractivity contribution in [3.63, 3.8) is 0 Å². The summed E-state index contributed by atoms with van der Waals surface area (Å²) in [5, 5.41) is 0. The Morgan fingerprint density at radius 2 is 1.91 bits per heavy atom. The van der Waals surface area contributed by atoms with Gasteiger partial charge < -0.3 is 18.9 Å². The van der Waals surface area contributed by atoms with Crippen LogP contribution in [0.4, 0.5) is 4.39 Å². The summed E-state index contributed by atoms with van der Waals surface area (Å²) in [7, 11) is 1.27. The second kappa shape index (κ2) is 11.1. The van der Waals surface area contributed by atoms with Crippen molar-refractivity contribution >= 4 is 5.97 Å². The zero-order valence-corrected chi connectivity index (χ0v) is 19.4. The summed E-state index contributed by atoms with van der Waals surface area (Å²) in [4.78, 5) is 16.2. The number of esters is 1. The predicted molar refractivity (Wildman–Crippen MR) is 126 cm³/mol. The lowest BCUT2D eigenvalue weighted by atomic mass is 10.0. The summed E-state index contributed by atoms with van der Waals surface area (Å²) in [6.45, 7) is 3.83. The third-order valence-electron chi connectivity index (χ3n) is 5.98. The Morgan fingerprint density at radius 1 is 1.09 bits per heavy atom. The predicted octanol–water partition coefficient (Wildman–Crippen LogP) is 5.37. The number of methoxy groups -OCH3 is 1. The molecule has 0 atom stereocenters. The van der Waals surface area contributed by atoms with Crippen LogP contribution >= 0.6 is 0 Å². The molecule has 2 aromatic carbocycles. The Balaban J connectivity index is 1.38. The minimum absolute atomic E-state index is 0.0365. The number of aromatic nitrogens is 1. The number of rotatable bonds is 8. The molecular weight excluding hydrogens is 437 g/mol. The topological polar surface area (TPSA) is 66.9 Å². The molecule has 1 saturated heterocycles. The molecular formula is C27H28FNO5. The van der Waals surface area contributed by atoms with Crippen molar-refractivity contribution in [2.75, 3.05) is 26.9 Å². The highest BCUT2D eigenvalue weighted by Crippen LogP contribution is 2.26. The molecule has 34 heavy (non-hydrogen) atoms. The van der Waals surface area contributed by atoms with E-state index < -0.39 is 11.8 Å². The van der Waals surface area contributed by atoms with Gasteiger partial charge in [-0.2, -0.15) is 0 Å². The van der Waals surface area contributed by atoms with Gasteiger partial charge in [0.05, 0.1) is 19.3 Å². The number of benzene rings is 2. The second-order valence-electron chi connectivity index (χ2n) is 8.27. The lowest BCUT2D eigenvalue weighted by molar-refractivity contribution is 0.0490. The Hall–Kier alpha value is -3.45. The second-order valence-corrected chi connectivity index (χ2v) is 8.27. The molecule has 0 radical (unpaired) electrons. The van der Waals surface area contributed by atoms with Crippen LogP contribution in [0.5, 0.6) is 11.6 Å². The summed E-state index contributed by atoms with van der Waals surface area (Å²) in [5.74, 6) is 0.675. The Morgan fingerprint density at radius 3 is 2.65 bits per heavy atom. The fraction of sp³-hybridized carbons (Fsp3) is 0.333. The standard InChI is InChI=1S/C27H28FNO5/c1-18-24(27(30)31-2)8-6-22(26(18)28)17-33-23-5-3-4-20(14-23)21-7-9-25(29-15-21)34-16-19-10-12-32-13-11-19/h3-9,14-15,19H,10-13,16-17H2,1-2H3. The fourth-order valence-corrected chi connectivity index (χ4v) is 3.86. The first kappa shape index (κ1) is 23.7. The van der Waals surface area contributed by atoms with E-state index in [1.165, 1.54) is 7.11 Å². The van der Waals surface area contributed by atoms with E-state index in [1.807, 2.05) is 36.4 Å². The van der Waals surface area contributed by atoms with Gasteiger partial charge in [-0.25, -0.2) is 14.2 Å². The molecule has 7 heteroatoms. The maximum absolute atomic E-state index is 14.7. The average Bonchev–Trinajstić information content (AvgIpc) is 2.89. The third-order valence-corrected chi connectivity index (χ3v) is 5.98. The van der Waals surface area contributed by atoms with E-state index in [-0.39, 0.29) is 17.7 Å². The normalized spacial score (nSPS) is 14.0. The van der Waals surface area contributed by atoms with Gasteiger partial charge in [0.15, 0.2) is 0 Å². The number of hydrogen-bond acceptors (Lipinski definition) is 6. The summed E-state index contributed by atoms with van der Waals surface area (Å²) < 4.78 is 36.5. The van der Waals surface area contributed by atoms with Gasteiger partial charge in [-0.3, -0.25) is 0 Å². The summed E-state index contributed by atoms with van der Waals surface area (Å²) in [5.41, 5.74) is 2.67. The van der Waals surface area contributed by atoms with Gasteiger partial charge in [0.2, 0.25) is 5.88 Å². The smallest absolute Gasteiger partial charge is 0.338 e. The Kier molecular flexibility index (Phi) is 7.75.